The molecule has 0 atom stereocenters. The first-order chi connectivity index (χ1) is 13.0. The summed E-state index contributed by atoms with van der Waals surface area (Å²) in [6, 6.07) is 19.3. The van der Waals surface area contributed by atoms with Crippen LogP contribution in [0.1, 0.15) is 15.9 Å². The van der Waals surface area contributed by atoms with E-state index in [9.17, 15) is 9.59 Å². The number of likely N-dealkylation sites (N-methyl/N-ethyl adjacent to an activating group) is 1. The van der Waals surface area contributed by atoms with Crippen LogP contribution in [0.25, 0.3) is 11.3 Å². The average molecular weight is 363 g/mol. The first-order valence-corrected chi connectivity index (χ1v) is 8.58. The molecule has 0 aliphatic rings. The Balaban J connectivity index is 1.88. The molecule has 0 radical (unpaired) electrons. The molecule has 138 valence electrons. The second-order valence-electron chi connectivity index (χ2n) is 6.30. The van der Waals surface area contributed by atoms with Crippen LogP contribution in [0.2, 0.25) is 0 Å². The Morgan fingerprint density at radius 1 is 1.00 bits per heavy atom. The molecule has 3 aromatic rings. The molecule has 3 rings (SSSR count). The van der Waals surface area contributed by atoms with Crippen LogP contribution in [0.5, 0.6) is 0 Å². The maximum absolute atomic E-state index is 12.6. The summed E-state index contributed by atoms with van der Waals surface area (Å²) < 4.78 is 6.90. The van der Waals surface area contributed by atoms with Crippen LogP contribution in [-0.4, -0.2) is 47.3 Å². The zero-order chi connectivity index (χ0) is 19.2. The number of aromatic nitrogens is 2. The van der Waals surface area contributed by atoms with Gasteiger partial charge in [0.1, 0.15) is 11.3 Å². The fourth-order valence-corrected chi connectivity index (χ4v) is 2.57. The van der Waals surface area contributed by atoms with Crippen molar-refractivity contribution in [2.45, 2.75) is 6.54 Å². The van der Waals surface area contributed by atoms with Gasteiger partial charge in [0.05, 0.1) is 6.54 Å². The molecule has 0 spiro atoms. The minimum atomic E-state index is -0.566. The lowest BCUT2D eigenvalue weighted by Crippen LogP contribution is -2.27. The van der Waals surface area contributed by atoms with Crippen LogP contribution in [0, 0.1) is 0 Å². The monoisotopic (exact) mass is 363 g/mol. The summed E-state index contributed by atoms with van der Waals surface area (Å²) in [4.78, 5) is 25.7. The first kappa shape index (κ1) is 18.4. The Morgan fingerprint density at radius 2 is 1.63 bits per heavy atom. The molecule has 0 saturated heterocycles. The van der Waals surface area contributed by atoms with Gasteiger partial charge in [-0.05, 0) is 5.56 Å². The zero-order valence-electron chi connectivity index (χ0n) is 15.3. The number of benzene rings is 2. The fourth-order valence-electron chi connectivity index (χ4n) is 2.57. The third kappa shape index (κ3) is 4.61. The van der Waals surface area contributed by atoms with E-state index in [4.69, 9.17) is 4.74 Å². The van der Waals surface area contributed by atoms with E-state index < -0.39 is 5.97 Å². The van der Waals surface area contributed by atoms with Gasteiger partial charge in [-0.15, -0.1) is 0 Å². The average Bonchev–Trinajstić information content (AvgIpc) is 3.11. The van der Waals surface area contributed by atoms with Crippen molar-refractivity contribution in [2.75, 3.05) is 20.7 Å². The van der Waals surface area contributed by atoms with Gasteiger partial charge in [0.25, 0.3) is 5.91 Å². The fraction of sp³-hybridized carbons (Fsp3) is 0.190. The summed E-state index contributed by atoms with van der Waals surface area (Å²) in [6.45, 7) is 0.231. The minimum Gasteiger partial charge on any atom is -0.452 e. The number of amides is 1. The van der Waals surface area contributed by atoms with E-state index in [2.05, 4.69) is 5.10 Å². The SMILES string of the molecule is CN(C)C(=O)COC(=O)c1cn(Cc2ccccc2)nc1-c1ccccc1. The molecular formula is C21H21N3O3. The summed E-state index contributed by atoms with van der Waals surface area (Å²) in [5.74, 6) is -0.843. The van der Waals surface area contributed by atoms with E-state index in [1.807, 2.05) is 60.7 Å². The highest BCUT2D eigenvalue weighted by atomic mass is 16.5. The third-order valence-electron chi connectivity index (χ3n) is 4.04. The quantitative estimate of drug-likeness (QED) is 0.632. The number of hydrogen-bond donors (Lipinski definition) is 0. The molecule has 0 bridgehead atoms. The number of esters is 1. The van der Waals surface area contributed by atoms with Gasteiger partial charge in [-0.2, -0.15) is 5.10 Å². The highest BCUT2D eigenvalue weighted by molar-refractivity contribution is 5.97. The standard InChI is InChI=1S/C21H21N3O3/c1-23(2)19(25)15-27-21(26)18-14-24(13-16-9-5-3-6-10-16)22-20(18)17-11-7-4-8-12-17/h3-12,14H,13,15H2,1-2H3. The highest BCUT2D eigenvalue weighted by Crippen LogP contribution is 2.23. The lowest BCUT2D eigenvalue weighted by atomic mass is 10.1. The number of ether oxygens (including phenoxy) is 1. The normalized spacial score (nSPS) is 10.4. The number of rotatable bonds is 6. The minimum absolute atomic E-state index is 0.277. The predicted octanol–water partition coefficient (Wildman–Crippen LogP) is 2.84. The molecule has 6 nitrogen and oxygen atoms in total. The van der Waals surface area contributed by atoms with Crippen molar-refractivity contribution in [2.24, 2.45) is 0 Å². The Kier molecular flexibility index (Phi) is 5.66. The van der Waals surface area contributed by atoms with E-state index in [1.54, 1.807) is 25.0 Å². The lowest BCUT2D eigenvalue weighted by Gasteiger charge is -2.10. The number of carbonyl (C=O) groups excluding carboxylic acids is 2. The van der Waals surface area contributed by atoms with Gasteiger partial charge in [0.2, 0.25) is 0 Å². The maximum atomic E-state index is 12.6. The molecule has 6 heteroatoms. The maximum Gasteiger partial charge on any atom is 0.342 e. The lowest BCUT2D eigenvalue weighted by molar-refractivity contribution is -0.131. The second kappa shape index (κ2) is 8.31. The van der Waals surface area contributed by atoms with E-state index in [1.165, 1.54) is 4.90 Å². The van der Waals surface area contributed by atoms with Crippen molar-refractivity contribution in [3.05, 3.63) is 78.0 Å². The molecule has 1 amide bonds. The number of nitrogens with zero attached hydrogens (tertiary/aromatic N) is 3. The summed E-state index contributed by atoms with van der Waals surface area (Å²) >= 11 is 0. The Labute approximate surface area is 158 Å². The van der Waals surface area contributed by atoms with Gasteiger partial charge in [-0.25, -0.2) is 4.79 Å². The van der Waals surface area contributed by atoms with Crippen molar-refractivity contribution in [1.29, 1.82) is 0 Å². The number of carbonyl (C=O) groups is 2. The smallest absolute Gasteiger partial charge is 0.342 e. The van der Waals surface area contributed by atoms with E-state index >= 15 is 0 Å². The van der Waals surface area contributed by atoms with Crippen molar-refractivity contribution < 1.29 is 14.3 Å². The van der Waals surface area contributed by atoms with E-state index in [0.29, 0.717) is 17.8 Å². The van der Waals surface area contributed by atoms with E-state index in [-0.39, 0.29) is 12.5 Å². The first-order valence-electron chi connectivity index (χ1n) is 8.58. The summed E-state index contributed by atoms with van der Waals surface area (Å²) in [5.41, 5.74) is 2.76. The van der Waals surface area contributed by atoms with Crippen LogP contribution in [0.15, 0.2) is 66.9 Å². The molecule has 0 aliphatic carbocycles. The van der Waals surface area contributed by atoms with Crippen LogP contribution in [-0.2, 0) is 16.1 Å². The zero-order valence-corrected chi connectivity index (χ0v) is 15.3. The molecule has 1 heterocycles. The highest BCUT2D eigenvalue weighted by Gasteiger charge is 2.20. The topological polar surface area (TPSA) is 64.4 Å². The molecule has 0 N–H and O–H groups in total. The largest absolute Gasteiger partial charge is 0.452 e. The third-order valence-corrected chi connectivity index (χ3v) is 4.04. The molecule has 0 aliphatic heterocycles. The Hall–Kier alpha value is -3.41. The van der Waals surface area contributed by atoms with Gasteiger partial charge >= 0.3 is 5.97 Å². The molecular weight excluding hydrogens is 342 g/mol. The van der Waals surface area contributed by atoms with Crippen LogP contribution in [0.4, 0.5) is 0 Å². The van der Waals surface area contributed by atoms with Gasteiger partial charge in [-0.3, -0.25) is 9.48 Å². The molecule has 2 aromatic carbocycles. The predicted molar refractivity (Wildman–Crippen MR) is 102 cm³/mol. The van der Waals surface area contributed by atoms with Crippen LogP contribution in [0.3, 0.4) is 0 Å². The van der Waals surface area contributed by atoms with Gasteiger partial charge in [-0.1, -0.05) is 60.7 Å². The van der Waals surface area contributed by atoms with Gasteiger partial charge < -0.3 is 9.64 Å². The van der Waals surface area contributed by atoms with Crippen LogP contribution >= 0.6 is 0 Å². The summed E-state index contributed by atoms with van der Waals surface area (Å²) in [7, 11) is 3.23. The molecule has 27 heavy (non-hydrogen) atoms. The molecule has 0 saturated carbocycles. The molecule has 0 unspecified atom stereocenters. The Bertz CT molecular complexity index is 918. The van der Waals surface area contributed by atoms with Crippen molar-refractivity contribution >= 4 is 11.9 Å². The summed E-state index contributed by atoms with van der Waals surface area (Å²) in [5, 5.41) is 4.58. The van der Waals surface area contributed by atoms with Crippen LogP contribution < -0.4 is 0 Å². The van der Waals surface area contributed by atoms with Crippen molar-refractivity contribution in [1.82, 2.24) is 14.7 Å². The van der Waals surface area contributed by atoms with Crippen molar-refractivity contribution in [3.63, 3.8) is 0 Å². The second-order valence-corrected chi connectivity index (χ2v) is 6.30. The van der Waals surface area contributed by atoms with Gasteiger partial charge in [0.15, 0.2) is 6.61 Å². The molecule has 0 fully saturated rings. The molecule has 1 aromatic heterocycles. The van der Waals surface area contributed by atoms with Gasteiger partial charge in [0, 0.05) is 25.9 Å². The van der Waals surface area contributed by atoms with Crippen molar-refractivity contribution in [3.8, 4) is 11.3 Å². The Morgan fingerprint density at radius 3 is 2.26 bits per heavy atom. The number of hydrogen-bond acceptors (Lipinski definition) is 4. The van der Waals surface area contributed by atoms with E-state index in [0.717, 1.165) is 11.1 Å². The summed E-state index contributed by atoms with van der Waals surface area (Å²) in [6.07, 6.45) is 1.66.